The van der Waals surface area contributed by atoms with Crippen molar-refractivity contribution in [2.75, 3.05) is 52.3 Å². The van der Waals surface area contributed by atoms with Crippen molar-refractivity contribution >= 4 is 28.3 Å². The first-order valence-corrected chi connectivity index (χ1v) is 13.4. The summed E-state index contributed by atoms with van der Waals surface area (Å²) in [5.74, 6) is 4.49. The molecule has 2 N–H and O–H groups in total. The van der Waals surface area contributed by atoms with Gasteiger partial charge in [-0.3, -0.25) is 4.79 Å². The number of terminal acetylenes is 1. The normalized spacial score (nSPS) is 15.6. The van der Waals surface area contributed by atoms with Crippen molar-refractivity contribution in [3.8, 4) is 23.8 Å². The first-order valence-electron chi connectivity index (χ1n) is 13.4. The van der Waals surface area contributed by atoms with Crippen molar-refractivity contribution in [3.63, 3.8) is 0 Å². The Bertz CT molecular complexity index is 1270. The summed E-state index contributed by atoms with van der Waals surface area (Å²) in [7, 11) is 3.13. The van der Waals surface area contributed by atoms with E-state index in [1.165, 1.54) is 45.8 Å². The lowest BCUT2D eigenvalue weighted by atomic mass is 10.1. The van der Waals surface area contributed by atoms with E-state index in [-0.39, 0.29) is 18.6 Å². The molecular weight excluding hydrogens is 494 g/mol. The molecule has 0 aliphatic carbocycles. The van der Waals surface area contributed by atoms with E-state index in [0.29, 0.717) is 30.4 Å². The quantitative estimate of drug-likeness (QED) is 0.439. The summed E-state index contributed by atoms with van der Waals surface area (Å²) in [4.78, 5) is 22.7. The SMILES string of the molecule is C#Cc1cccc(Nc2ncnc3cc(OC)c(OC4CCN(C(=O)COC)CC4)cc23)c1.C1CCNCC1. The number of nitrogens with zero attached hydrogens (tertiary/aromatic N) is 3. The molecular formula is C30H37N5O4. The summed E-state index contributed by atoms with van der Waals surface area (Å²) < 4.78 is 16.8. The number of carbonyl (C=O) groups excluding carboxylic acids is 1. The molecule has 1 amide bonds. The fourth-order valence-electron chi connectivity index (χ4n) is 4.66. The number of hydrogen-bond donors (Lipinski definition) is 2. The summed E-state index contributed by atoms with van der Waals surface area (Å²) >= 11 is 0. The Kier molecular flexibility index (Phi) is 10.3. The molecule has 5 rings (SSSR count). The number of carbonyl (C=O) groups is 1. The third-order valence-corrected chi connectivity index (χ3v) is 6.78. The van der Waals surface area contributed by atoms with Gasteiger partial charge in [0.05, 0.1) is 12.6 Å². The Labute approximate surface area is 230 Å². The van der Waals surface area contributed by atoms with Crippen LogP contribution in [0.3, 0.4) is 0 Å². The second-order valence-electron chi connectivity index (χ2n) is 9.53. The maximum Gasteiger partial charge on any atom is 0.248 e. The lowest BCUT2D eigenvalue weighted by Gasteiger charge is -2.32. The number of aromatic nitrogens is 2. The fourth-order valence-corrected chi connectivity index (χ4v) is 4.66. The van der Waals surface area contributed by atoms with Gasteiger partial charge in [0.2, 0.25) is 5.91 Å². The number of fused-ring (bicyclic) bond motifs is 1. The number of ether oxygens (including phenoxy) is 3. The molecule has 0 atom stereocenters. The van der Waals surface area contributed by atoms with Crippen LogP contribution in [0, 0.1) is 12.3 Å². The van der Waals surface area contributed by atoms with Crippen LogP contribution in [0.15, 0.2) is 42.7 Å². The topological polar surface area (TPSA) is 97.8 Å². The molecule has 39 heavy (non-hydrogen) atoms. The molecule has 0 unspecified atom stereocenters. The van der Waals surface area contributed by atoms with Gasteiger partial charge in [-0.25, -0.2) is 9.97 Å². The number of amides is 1. The van der Waals surface area contributed by atoms with Gasteiger partial charge >= 0.3 is 0 Å². The number of likely N-dealkylation sites (tertiary alicyclic amines) is 1. The minimum Gasteiger partial charge on any atom is -0.493 e. The predicted molar refractivity (Wildman–Crippen MR) is 153 cm³/mol. The van der Waals surface area contributed by atoms with Crippen LogP contribution in [0.1, 0.15) is 37.7 Å². The lowest BCUT2D eigenvalue weighted by Crippen LogP contribution is -2.43. The average Bonchev–Trinajstić information content (AvgIpc) is 2.99. The third-order valence-electron chi connectivity index (χ3n) is 6.78. The number of nitrogens with one attached hydrogen (secondary N) is 2. The van der Waals surface area contributed by atoms with Crippen molar-refractivity contribution in [3.05, 3.63) is 48.3 Å². The smallest absolute Gasteiger partial charge is 0.248 e. The number of anilines is 2. The summed E-state index contributed by atoms with van der Waals surface area (Å²) in [6, 6.07) is 11.3. The van der Waals surface area contributed by atoms with E-state index in [4.69, 9.17) is 20.6 Å². The number of benzene rings is 2. The van der Waals surface area contributed by atoms with E-state index in [2.05, 4.69) is 26.5 Å². The summed E-state index contributed by atoms with van der Waals surface area (Å²) in [6.07, 6.45) is 12.7. The predicted octanol–water partition coefficient (Wildman–Crippen LogP) is 4.14. The first kappa shape index (κ1) is 28.1. The van der Waals surface area contributed by atoms with E-state index in [1.807, 2.05) is 36.4 Å². The molecule has 2 saturated heterocycles. The maximum absolute atomic E-state index is 12.0. The highest BCUT2D eigenvalue weighted by Gasteiger charge is 2.25. The molecule has 3 heterocycles. The average molecular weight is 532 g/mol. The van der Waals surface area contributed by atoms with Gasteiger partial charge < -0.3 is 29.7 Å². The van der Waals surface area contributed by atoms with Gasteiger partial charge in [-0.05, 0) is 50.2 Å². The van der Waals surface area contributed by atoms with E-state index >= 15 is 0 Å². The lowest BCUT2D eigenvalue weighted by molar-refractivity contribution is -0.136. The van der Waals surface area contributed by atoms with Crippen LogP contribution >= 0.6 is 0 Å². The minimum atomic E-state index is -0.0312. The van der Waals surface area contributed by atoms with Gasteiger partial charge in [-0.1, -0.05) is 18.4 Å². The standard InChI is InChI=1S/C25H26N4O4.C5H11N/c1-4-17-6-5-7-18(12-17)28-25-20-13-23(22(32-3)14-21(20)26-16-27-25)33-19-8-10-29(11-9-19)24(30)15-31-2;1-2-4-6-5-3-1/h1,5-7,12-14,16,19H,8-11,15H2,2-3H3,(H,26,27,28);6H,1-5H2. The third kappa shape index (κ3) is 7.82. The first-order chi connectivity index (χ1) is 19.1. The van der Waals surface area contributed by atoms with Gasteiger partial charge in [0.15, 0.2) is 11.5 Å². The van der Waals surface area contributed by atoms with Crippen LogP contribution in [-0.2, 0) is 9.53 Å². The molecule has 2 aromatic carbocycles. The van der Waals surface area contributed by atoms with Gasteiger partial charge in [0.25, 0.3) is 0 Å². The number of rotatable bonds is 7. The van der Waals surface area contributed by atoms with E-state index in [1.54, 1.807) is 12.0 Å². The van der Waals surface area contributed by atoms with Crippen molar-refractivity contribution in [1.82, 2.24) is 20.2 Å². The summed E-state index contributed by atoms with van der Waals surface area (Å²) in [6.45, 7) is 3.86. The molecule has 2 fully saturated rings. The van der Waals surface area contributed by atoms with Gasteiger partial charge in [0.1, 0.15) is 24.9 Å². The zero-order chi connectivity index (χ0) is 27.5. The van der Waals surface area contributed by atoms with Gasteiger partial charge in [-0.15, -0.1) is 6.42 Å². The molecule has 206 valence electrons. The highest BCUT2D eigenvalue weighted by atomic mass is 16.5. The monoisotopic (exact) mass is 531 g/mol. The second kappa shape index (κ2) is 14.3. The Morgan fingerprint density at radius 2 is 1.90 bits per heavy atom. The largest absolute Gasteiger partial charge is 0.493 e. The van der Waals surface area contributed by atoms with Crippen molar-refractivity contribution in [2.45, 2.75) is 38.2 Å². The van der Waals surface area contributed by atoms with E-state index in [9.17, 15) is 4.79 Å². The number of methoxy groups -OCH3 is 2. The molecule has 0 radical (unpaired) electrons. The van der Waals surface area contributed by atoms with Gasteiger partial charge in [0, 0.05) is 55.7 Å². The second-order valence-corrected chi connectivity index (χ2v) is 9.53. The van der Waals surface area contributed by atoms with Crippen LogP contribution in [0.25, 0.3) is 10.9 Å². The van der Waals surface area contributed by atoms with Crippen LogP contribution in [0.2, 0.25) is 0 Å². The highest BCUT2D eigenvalue weighted by molar-refractivity contribution is 5.93. The molecule has 9 nitrogen and oxygen atoms in total. The molecule has 2 aliphatic heterocycles. The van der Waals surface area contributed by atoms with Crippen LogP contribution in [-0.4, -0.2) is 73.9 Å². The number of piperidine rings is 2. The Morgan fingerprint density at radius 1 is 1.10 bits per heavy atom. The molecule has 0 spiro atoms. The van der Waals surface area contributed by atoms with E-state index < -0.39 is 0 Å². The van der Waals surface area contributed by atoms with E-state index in [0.717, 1.165) is 35.0 Å². The van der Waals surface area contributed by atoms with Crippen LogP contribution in [0.4, 0.5) is 11.5 Å². The molecule has 2 aliphatic rings. The molecule has 1 aromatic heterocycles. The van der Waals surface area contributed by atoms with Gasteiger partial charge in [-0.2, -0.15) is 0 Å². The highest BCUT2D eigenvalue weighted by Crippen LogP contribution is 2.36. The molecule has 0 bridgehead atoms. The minimum absolute atomic E-state index is 0.000931. The summed E-state index contributed by atoms with van der Waals surface area (Å²) in [5.41, 5.74) is 2.33. The van der Waals surface area contributed by atoms with Crippen molar-refractivity contribution < 1.29 is 19.0 Å². The molecule has 0 saturated carbocycles. The Morgan fingerprint density at radius 3 is 2.54 bits per heavy atom. The fraction of sp³-hybridized carbons (Fsp3) is 0.433. The zero-order valence-corrected chi connectivity index (χ0v) is 22.7. The Hall–Kier alpha value is -3.87. The van der Waals surface area contributed by atoms with Crippen LogP contribution < -0.4 is 20.1 Å². The molecule has 3 aromatic rings. The van der Waals surface area contributed by atoms with Crippen molar-refractivity contribution in [2.24, 2.45) is 0 Å². The number of hydrogen-bond acceptors (Lipinski definition) is 8. The zero-order valence-electron chi connectivity index (χ0n) is 22.7. The molecule has 9 heteroatoms. The Balaban J connectivity index is 0.000000519. The van der Waals surface area contributed by atoms with Crippen molar-refractivity contribution in [1.29, 1.82) is 0 Å². The summed E-state index contributed by atoms with van der Waals surface area (Å²) in [5, 5.41) is 7.40. The van der Waals surface area contributed by atoms with Crippen LogP contribution in [0.5, 0.6) is 11.5 Å². The maximum atomic E-state index is 12.0.